The van der Waals surface area contributed by atoms with Crippen LogP contribution in [0.15, 0.2) is 48.7 Å². The second kappa shape index (κ2) is 7.43. The molecule has 4 heteroatoms. The molecule has 0 atom stereocenters. The highest BCUT2D eigenvalue weighted by molar-refractivity contribution is 5.92. The molecule has 1 aromatic heterocycles. The molecule has 0 bridgehead atoms. The van der Waals surface area contributed by atoms with Gasteiger partial charge < -0.3 is 10.2 Å². The molecule has 1 amide bonds. The zero-order valence-corrected chi connectivity index (χ0v) is 12.5. The molecule has 4 nitrogen and oxygen atoms in total. The number of anilines is 1. The fourth-order valence-corrected chi connectivity index (χ4v) is 2.02. The van der Waals surface area contributed by atoms with Crippen LogP contribution in [-0.2, 0) is 6.54 Å². The summed E-state index contributed by atoms with van der Waals surface area (Å²) in [6.07, 6.45) is 2.76. The summed E-state index contributed by atoms with van der Waals surface area (Å²) in [5.41, 5.74) is 2.52. The minimum Gasteiger partial charge on any atom is -0.384 e. The summed E-state index contributed by atoms with van der Waals surface area (Å²) >= 11 is 0. The van der Waals surface area contributed by atoms with Gasteiger partial charge in [-0.1, -0.05) is 37.3 Å². The van der Waals surface area contributed by atoms with Gasteiger partial charge in [0.05, 0.1) is 11.9 Å². The topological polar surface area (TPSA) is 45.2 Å². The molecule has 0 fully saturated rings. The number of carbonyl (C=O) groups excluding carboxylic acids is 1. The van der Waals surface area contributed by atoms with Crippen LogP contribution in [0.2, 0.25) is 0 Å². The van der Waals surface area contributed by atoms with Crippen molar-refractivity contribution >= 4 is 11.6 Å². The molecule has 0 saturated carbocycles. The van der Waals surface area contributed by atoms with Gasteiger partial charge in [-0.05, 0) is 24.1 Å². The molecule has 0 aliphatic carbocycles. The highest BCUT2D eigenvalue weighted by Gasteiger charge is 2.13. The average molecular weight is 283 g/mol. The summed E-state index contributed by atoms with van der Waals surface area (Å²) in [4.78, 5) is 18.2. The fourth-order valence-electron chi connectivity index (χ4n) is 2.02. The number of nitrogens with zero attached hydrogens (tertiary/aromatic N) is 2. The Bertz CT molecular complexity index is 566. The van der Waals surface area contributed by atoms with Gasteiger partial charge in [-0.25, -0.2) is 4.98 Å². The maximum Gasteiger partial charge on any atom is 0.272 e. The van der Waals surface area contributed by atoms with Gasteiger partial charge in [-0.3, -0.25) is 4.79 Å². The molecule has 0 aliphatic rings. The van der Waals surface area contributed by atoms with Gasteiger partial charge >= 0.3 is 0 Å². The second-order valence-electron chi connectivity index (χ2n) is 5.01. The van der Waals surface area contributed by atoms with Gasteiger partial charge in [0, 0.05) is 20.1 Å². The largest absolute Gasteiger partial charge is 0.384 e. The molecule has 0 radical (unpaired) electrons. The molecule has 110 valence electrons. The molecule has 1 N–H and O–H groups in total. The number of nitrogens with one attached hydrogen (secondary N) is 1. The van der Waals surface area contributed by atoms with E-state index in [4.69, 9.17) is 0 Å². The maximum absolute atomic E-state index is 12.3. The molecular formula is C17H21N3O. The van der Waals surface area contributed by atoms with E-state index in [0.717, 1.165) is 24.2 Å². The lowest BCUT2D eigenvalue weighted by Crippen LogP contribution is -2.26. The van der Waals surface area contributed by atoms with Crippen molar-refractivity contribution in [3.8, 4) is 0 Å². The van der Waals surface area contributed by atoms with Crippen LogP contribution in [-0.4, -0.2) is 29.4 Å². The van der Waals surface area contributed by atoms with Crippen molar-refractivity contribution in [2.75, 3.05) is 18.9 Å². The number of aromatic nitrogens is 1. The number of hydrogen-bond donors (Lipinski definition) is 1. The Kier molecular flexibility index (Phi) is 5.32. The van der Waals surface area contributed by atoms with Crippen LogP contribution < -0.4 is 5.32 Å². The molecular weight excluding hydrogens is 262 g/mol. The van der Waals surface area contributed by atoms with Crippen molar-refractivity contribution in [3.05, 3.63) is 59.9 Å². The van der Waals surface area contributed by atoms with Crippen molar-refractivity contribution in [1.82, 2.24) is 9.88 Å². The van der Waals surface area contributed by atoms with E-state index >= 15 is 0 Å². The normalized spacial score (nSPS) is 10.2. The summed E-state index contributed by atoms with van der Waals surface area (Å²) in [5, 5.41) is 3.24. The average Bonchev–Trinajstić information content (AvgIpc) is 2.53. The Morgan fingerprint density at radius 2 is 1.95 bits per heavy atom. The van der Waals surface area contributed by atoms with Crippen LogP contribution in [0.3, 0.4) is 0 Å². The van der Waals surface area contributed by atoms with Crippen molar-refractivity contribution in [1.29, 1.82) is 0 Å². The minimum atomic E-state index is -0.0686. The Morgan fingerprint density at radius 1 is 1.19 bits per heavy atom. The van der Waals surface area contributed by atoms with E-state index in [1.54, 1.807) is 24.2 Å². The number of carbonyl (C=O) groups is 1. The third-order valence-electron chi connectivity index (χ3n) is 3.17. The third kappa shape index (κ3) is 4.31. The van der Waals surface area contributed by atoms with Gasteiger partial charge in [0.1, 0.15) is 5.69 Å². The maximum atomic E-state index is 12.3. The van der Waals surface area contributed by atoms with E-state index in [9.17, 15) is 4.79 Å². The van der Waals surface area contributed by atoms with Crippen LogP contribution in [0, 0.1) is 0 Å². The highest BCUT2D eigenvalue weighted by atomic mass is 16.2. The van der Waals surface area contributed by atoms with E-state index in [1.165, 1.54) is 0 Å². The predicted molar refractivity (Wildman–Crippen MR) is 85.3 cm³/mol. The Hall–Kier alpha value is -2.36. The van der Waals surface area contributed by atoms with Crippen LogP contribution in [0.5, 0.6) is 0 Å². The SMILES string of the molecule is CCCNc1ccc(C(=O)N(C)Cc2ccccc2)nc1. The van der Waals surface area contributed by atoms with Gasteiger partial charge in [-0.2, -0.15) is 0 Å². The Labute approximate surface area is 125 Å². The Morgan fingerprint density at radius 3 is 2.57 bits per heavy atom. The van der Waals surface area contributed by atoms with Gasteiger partial charge in [0.2, 0.25) is 0 Å². The summed E-state index contributed by atoms with van der Waals surface area (Å²) in [7, 11) is 1.79. The number of rotatable bonds is 6. The summed E-state index contributed by atoms with van der Waals surface area (Å²) in [6, 6.07) is 13.6. The lowest BCUT2D eigenvalue weighted by molar-refractivity contribution is 0.0779. The van der Waals surface area contributed by atoms with E-state index in [-0.39, 0.29) is 5.91 Å². The summed E-state index contributed by atoms with van der Waals surface area (Å²) in [6.45, 7) is 3.59. The van der Waals surface area contributed by atoms with E-state index in [2.05, 4.69) is 17.2 Å². The standard InChI is InChI=1S/C17H21N3O/c1-3-11-18-15-9-10-16(19-12-15)17(21)20(2)13-14-7-5-4-6-8-14/h4-10,12,18H,3,11,13H2,1-2H3. The lowest BCUT2D eigenvalue weighted by atomic mass is 10.2. The van der Waals surface area contributed by atoms with Gasteiger partial charge in [0.25, 0.3) is 5.91 Å². The molecule has 2 aromatic rings. The number of hydrogen-bond acceptors (Lipinski definition) is 3. The first-order chi connectivity index (χ1) is 10.2. The first kappa shape index (κ1) is 15.0. The number of pyridine rings is 1. The quantitative estimate of drug-likeness (QED) is 0.885. The van der Waals surface area contributed by atoms with Gasteiger partial charge in [0.15, 0.2) is 0 Å². The molecule has 0 aliphatic heterocycles. The van der Waals surface area contributed by atoms with Crippen LogP contribution >= 0.6 is 0 Å². The molecule has 0 unspecified atom stereocenters. The molecule has 0 saturated heterocycles. The van der Waals surface area contributed by atoms with Crippen LogP contribution in [0.4, 0.5) is 5.69 Å². The zero-order valence-electron chi connectivity index (χ0n) is 12.5. The molecule has 1 aromatic carbocycles. The number of benzene rings is 1. The Balaban J connectivity index is 1.98. The molecule has 0 spiro atoms. The molecule has 2 rings (SSSR count). The van der Waals surface area contributed by atoms with Crippen LogP contribution in [0.25, 0.3) is 0 Å². The van der Waals surface area contributed by atoms with E-state index < -0.39 is 0 Å². The first-order valence-electron chi connectivity index (χ1n) is 7.20. The van der Waals surface area contributed by atoms with Crippen molar-refractivity contribution < 1.29 is 4.79 Å². The third-order valence-corrected chi connectivity index (χ3v) is 3.17. The van der Waals surface area contributed by atoms with Crippen molar-refractivity contribution in [3.63, 3.8) is 0 Å². The fraction of sp³-hybridized carbons (Fsp3) is 0.294. The predicted octanol–water partition coefficient (Wildman–Crippen LogP) is 3.18. The first-order valence-corrected chi connectivity index (χ1v) is 7.20. The smallest absolute Gasteiger partial charge is 0.272 e. The molecule has 21 heavy (non-hydrogen) atoms. The minimum absolute atomic E-state index is 0.0686. The highest BCUT2D eigenvalue weighted by Crippen LogP contribution is 2.10. The van der Waals surface area contributed by atoms with E-state index in [1.807, 2.05) is 36.4 Å². The summed E-state index contributed by atoms with van der Waals surface area (Å²) < 4.78 is 0. The lowest BCUT2D eigenvalue weighted by Gasteiger charge is -2.17. The van der Waals surface area contributed by atoms with Gasteiger partial charge in [-0.15, -0.1) is 0 Å². The van der Waals surface area contributed by atoms with E-state index in [0.29, 0.717) is 12.2 Å². The van der Waals surface area contributed by atoms with Crippen molar-refractivity contribution in [2.24, 2.45) is 0 Å². The molecule has 1 heterocycles. The monoisotopic (exact) mass is 283 g/mol. The van der Waals surface area contributed by atoms with Crippen LogP contribution in [0.1, 0.15) is 29.4 Å². The zero-order chi connectivity index (χ0) is 15.1. The second-order valence-corrected chi connectivity index (χ2v) is 5.01. The van der Waals surface area contributed by atoms with Crippen molar-refractivity contribution in [2.45, 2.75) is 19.9 Å². The summed E-state index contributed by atoms with van der Waals surface area (Å²) in [5.74, 6) is -0.0686. The number of amides is 1.